The molecule has 0 radical (unpaired) electrons. The monoisotopic (exact) mass is 421 g/mol. The first-order valence-corrected chi connectivity index (χ1v) is 9.77. The van der Waals surface area contributed by atoms with Gasteiger partial charge < -0.3 is 15.0 Å². The molecule has 1 aliphatic rings. The number of aromatic nitrogens is 3. The molecule has 1 atom stereocenters. The molecule has 0 spiro atoms. The lowest BCUT2D eigenvalue weighted by Gasteiger charge is -2.23. The molecule has 8 nitrogen and oxygen atoms in total. The summed E-state index contributed by atoms with van der Waals surface area (Å²) >= 11 is 0. The van der Waals surface area contributed by atoms with Crippen LogP contribution in [-0.4, -0.2) is 57.8 Å². The van der Waals surface area contributed by atoms with Gasteiger partial charge in [-0.05, 0) is 44.0 Å². The van der Waals surface area contributed by atoms with Crippen LogP contribution in [0.1, 0.15) is 48.3 Å². The summed E-state index contributed by atoms with van der Waals surface area (Å²) in [4.78, 5) is 30.6. The second kappa shape index (κ2) is 11.5. The van der Waals surface area contributed by atoms with Crippen LogP contribution in [0.5, 0.6) is 0 Å². The van der Waals surface area contributed by atoms with Gasteiger partial charge in [0.05, 0.1) is 19.1 Å². The number of piperidine rings is 1. The molecule has 2 aromatic rings. The second-order valence-corrected chi connectivity index (χ2v) is 6.82. The van der Waals surface area contributed by atoms with Gasteiger partial charge in [0.25, 0.3) is 5.91 Å². The predicted octanol–water partition coefficient (Wildman–Crippen LogP) is 2.22. The highest BCUT2D eigenvalue weighted by Gasteiger charge is 2.22. The van der Waals surface area contributed by atoms with Gasteiger partial charge >= 0.3 is 5.97 Å². The van der Waals surface area contributed by atoms with Crippen LogP contribution in [0.15, 0.2) is 36.8 Å². The average Bonchev–Trinajstić information content (AvgIpc) is 3.22. The SMILES string of the molecule is CCOC(=O)CCN(Cc1cccnc1)C(=O)c1ccn(C2CCCNC2)n1.Cl. The Labute approximate surface area is 177 Å². The van der Waals surface area contributed by atoms with Gasteiger partial charge in [-0.2, -0.15) is 5.10 Å². The first-order valence-electron chi connectivity index (χ1n) is 9.77. The summed E-state index contributed by atoms with van der Waals surface area (Å²) in [6.45, 7) is 4.61. The molecular formula is C20H28ClN5O3. The number of rotatable bonds is 8. The molecule has 3 heterocycles. The summed E-state index contributed by atoms with van der Waals surface area (Å²) in [5, 5.41) is 7.87. The van der Waals surface area contributed by atoms with Crippen LogP contribution in [0, 0.1) is 0 Å². The van der Waals surface area contributed by atoms with E-state index in [2.05, 4.69) is 15.4 Å². The largest absolute Gasteiger partial charge is 0.466 e. The first kappa shape index (κ1) is 22.8. The number of esters is 1. The van der Waals surface area contributed by atoms with E-state index >= 15 is 0 Å². The Morgan fingerprint density at radius 1 is 1.38 bits per heavy atom. The molecule has 1 aliphatic heterocycles. The number of hydrogen-bond acceptors (Lipinski definition) is 6. The lowest BCUT2D eigenvalue weighted by atomic mass is 10.1. The van der Waals surface area contributed by atoms with Crippen LogP contribution in [-0.2, 0) is 16.1 Å². The zero-order chi connectivity index (χ0) is 19.8. The zero-order valence-corrected chi connectivity index (χ0v) is 17.4. The second-order valence-electron chi connectivity index (χ2n) is 6.82. The van der Waals surface area contributed by atoms with E-state index in [1.54, 1.807) is 30.3 Å². The highest BCUT2D eigenvalue weighted by molar-refractivity contribution is 5.92. The summed E-state index contributed by atoms with van der Waals surface area (Å²) in [5.74, 6) is -0.513. The van der Waals surface area contributed by atoms with Gasteiger partial charge in [0.1, 0.15) is 5.69 Å². The Morgan fingerprint density at radius 2 is 2.24 bits per heavy atom. The van der Waals surface area contributed by atoms with Crippen molar-refractivity contribution in [2.75, 3.05) is 26.2 Å². The van der Waals surface area contributed by atoms with Crippen LogP contribution in [0.3, 0.4) is 0 Å². The normalized spacial score (nSPS) is 16.0. The van der Waals surface area contributed by atoms with Crippen LogP contribution in [0.2, 0.25) is 0 Å². The van der Waals surface area contributed by atoms with Gasteiger partial charge in [0, 0.05) is 38.2 Å². The third-order valence-corrected chi connectivity index (χ3v) is 4.75. The molecule has 9 heteroatoms. The minimum atomic E-state index is -0.315. The molecule has 1 fully saturated rings. The van der Waals surface area contributed by atoms with E-state index in [-0.39, 0.29) is 43.3 Å². The highest BCUT2D eigenvalue weighted by Crippen LogP contribution is 2.17. The Hall–Kier alpha value is -2.45. The summed E-state index contributed by atoms with van der Waals surface area (Å²) in [7, 11) is 0. The minimum absolute atomic E-state index is 0. The van der Waals surface area contributed by atoms with E-state index in [1.807, 2.05) is 23.0 Å². The van der Waals surface area contributed by atoms with Gasteiger partial charge in [-0.3, -0.25) is 19.3 Å². The molecule has 29 heavy (non-hydrogen) atoms. The van der Waals surface area contributed by atoms with E-state index < -0.39 is 0 Å². The standard InChI is InChI=1S/C20H27N5O3.ClH/c1-2-28-19(26)8-11-24(15-16-5-3-9-21-13-16)20(27)18-7-12-25(23-18)17-6-4-10-22-14-17;/h3,5,7,9,12-13,17,22H,2,4,6,8,10-11,14-15H2,1H3;1H. The van der Waals surface area contributed by atoms with Gasteiger partial charge in [-0.1, -0.05) is 6.07 Å². The van der Waals surface area contributed by atoms with E-state index in [0.717, 1.165) is 31.5 Å². The van der Waals surface area contributed by atoms with Crippen molar-refractivity contribution < 1.29 is 14.3 Å². The van der Waals surface area contributed by atoms with Crippen LogP contribution >= 0.6 is 12.4 Å². The van der Waals surface area contributed by atoms with Gasteiger partial charge in [0.15, 0.2) is 0 Å². The minimum Gasteiger partial charge on any atom is -0.466 e. The topological polar surface area (TPSA) is 89.4 Å². The Morgan fingerprint density at radius 3 is 2.93 bits per heavy atom. The maximum absolute atomic E-state index is 13.1. The number of pyridine rings is 1. The van der Waals surface area contributed by atoms with Gasteiger partial charge in [-0.25, -0.2) is 0 Å². The molecule has 0 aromatic carbocycles. The Bertz CT molecular complexity index is 777. The van der Waals surface area contributed by atoms with Crippen molar-refractivity contribution in [2.24, 2.45) is 0 Å². The highest BCUT2D eigenvalue weighted by atomic mass is 35.5. The number of amides is 1. The first-order chi connectivity index (χ1) is 13.7. The van der Waals surface area contributed by atoms with E-state index in [1.165, 1.54) is 0 Å². The molecule has 0 saturated carbocycles. The molecular weight excluding hydrogens is 394 g/mol. The Kier molecular flexibility index (Phi) is 9.08. The number of carbonyl (C=O) groups excluding carboxylic acids is 2. The maximum Gasteiger partial charge on any atom is 0.307 e. The molecule has 158 valence electrons. The van der Waals surface area contributed by atoms with Crippen molar-refractivity contribution in [3.8, 4) is 0 Å². The molecule has 1 amide bonds. The zero-order valence-electron chi connectivity index (χ0n) is 16.6. The summed E-state index contributed by atoms with van der Waals surface area (Å²) < 4.78 is 6.86. The molecule has 3 rings (SSSR count). The van der Waals surface area contributed by atoms with Crippen molar-refractivity contribution in [3.05, 3.63) is 48.0 Å². The molecule has 0 bridgehead atoms. The average molecular weight is 422 g/mol. The molecule has 0 aliphatic carbocycles. The smallest absolute Gasteiger partial charge is 0.307 e. The number of nitrogens with zero attached hydrogens (tertiary/aromatic N) is 4. The maximum atomic E-state index is 13.1. The fraction of sp³-hybridized carbons (Fsp3) is 0.500. The van der Waals surface area contributed by atoms with E-state index in [4.69, 9.17) is 4.74 Å². The summed E-state index contributed by atoms with van der Waals surface area (Å²) in [6, 6.07) is 5.75. The van der Waals surface area contributed by atoms with Crippen molar-refractivity contribution >= 4 is 24.3 Å². The van der Waals surface area contributed by atoms with Crippen LogP contribution in [0.25, 0.3) is 0 Å². The van der Waals surface area contributed by atoms with E-state index in [9.17, 15) is 9.59 Å². The van der Waals surface area contributed by atoms with Crippen LogP contribution < -0.4 is 5.32 Å². The quantitative estimate of drug-likeness (QED) is 0.657. The Balaban J connectivity index is 0.00000300. The van der Waals surface area contributed by atoms with Crippen molar-refractivity contribution in [1.82, 2.24) is 25.0 Å². The fourth-order valence-electron chi connectivity index (χ4n) is 3.30. The third kappa shape index (κ3) is 6.54. The molecule has 2 aromatic heterocycles. The number of halogens is 1. The third-order valence-electron chi connectivity index (χ3n) is 4.75. The molecule has 1 N–H and O–H groups in total. The van der Waals surface area contributed by atoms with Gasteiger partial charge in [0.2, 0.25) is 0 Å². The van der Waals surface area contributed by atoms with E-state index in [0.29, 0.717) is 18.8 Å². The lowest BCUT2D eigenvalue weighted by molar-refractivity contribution is -0.143. The predicted molar refractivity (Wildman–Crippen MR) is 111 cm³/mol. The van der Waals surface area contributed by atoms with Crippen molar-refractivity contribution in [3.63, 3.8) is 0 Å². The lowest BCUT2D eigenvalue weighted by Crippen LogP contribution is -2.34. The summed E-state index contributed by atoms with van der Waals surface area (Å²) in [5.41, 5.74) is 1.29. The van der Waals surface area contributed by atoms with Gasteiger partial charge in [-0.15, -0.1) is 12.4 Å². The molecule has 1 saturated heterocycles. The summed E-state index contributed by atoms with van der Waals surface area (Å²) in [6.07, 6.45) is 7.56. The van der Waals surface area contributed by atoms with Crippen molar-refractivity contribution in [1.29, 1.82) is 0 Å². The number of carbonyl (C=O) groups is 2. The number of hydrogen-bond donors (Lipinski definition) is 1. The fourth-order valence-corrected chi connectivity index (χ4v) is 3.30. The van der Waals surface area contributed by atoms with Crippen molar-refractivity contribution in [2.45, 2.75) is 38.8 Å². The molecule has 1 unspecified atom stereocenters. The van der Waals surface area contributed by atoms with Crippen LogP contribution in [0.4, 0.5) is 0 Å². The number of nitrogens with one attached hydrogen (secondary N) is 1. The number of ether oxygens (including phenoxy) is 1.